The third kappa shape index (κ3) is 3.04. The molecule has 3 unspecified atom stereocenters. The molecule has 106 valence electrons. The van der Waals surface area contributed by atoms with Crippen molar-refractivity contribution >= 4 is 15.9 Å². The molecule has 0 aliphatic heterocycles. The second-order valence-corrected chi connectivity index (χ2v) is 6.82. The number of halogens is 1. The first kappa shape index (κ1) is 15.0. The minimum atomic E-state index is 0.214. The average Bonchev–Trinajstić information content (AvgIpc) is 2.38. The maximum absolute atomic E-state index is 5.79. The lowest BCUT2D eigenvalue weighted by molar-refractivity contribution is -0.116. The summed E-state index contributed by atoms with van der Waals surface area (Å²) in [5.41, 5.74) is 1.53. The van der Waals surface area contributed by atoms with Gasteiger partial charge in [0.2, 0.25) is 0 Å². The van der Waals surface area contributed by atoms with Crippen molar-refractivity contribution < 1.29 is 4.74 Å². The van der Waals surface area contributed by atoms with E-state index in [1.807, 2.05) is 0 Å². The highest BCUT2D eigenvalue weighted by molar-refractivity contribution is 9.10. The van der Waals surface area contributed by atoms with Crippen LogP contribution in [0, 0.1) is 5.41 Å². The molecular formula is C16H24BrNO. The van der Waals surface area contributed by atoms with Gasteiger partial charge in [0.15, 0.2) is 0 Å². The molecule has 0 spiro atoms. The predicted octanol–water partition coefficient (Wildman–Crippen LogP) is 4.30. The zero-order valence-electron chi connectivity index (χ0n) is 12.2. The molecule has 0 saturated heterocycles. The van der Waals surface area contributed by atoms with E-state index < -0.39 is 0 Å². The molecule has 19 heavy (non-hydrogen) atoms. The minimum Gasteiger partial charge on any atom is -0.378 e. The van der Waals surface area contributed by atoms with E-state index in [-0.39, 0.29) is 5.41 Å². The Morgan fingerprint density at radius 3 is 2.68 bits per heavy atom. The van der Waals surface area contributed by atoms with Gasteiger partial charge in [-0.3, -0.25) is 0 Å². The Morgan fingerprint density at radius 2 is 2.11 bits per heavy atom. The highest BCUT2D eigenvalue weighted by atomic mass is 79.9. The molecule has 1 N–H and O–H groups in total. The highest BCUT2D eigenvalue weighted by Gasteiger charge is 2.49. The average molecular weight is 326 g/mol. The van der Waals surface area contributed by atoms with E-state index in [9.17, 15) is 0 Å². The molecule has 0 amide bonds. The molecule has 3 atom stereocenters. The molecule has 1 aliphatic rings. The lowest BCUT2D eigenvalue weighted by Gasteiger charge is -2.52. The van der Waals surface area contributed by atoms with Gasteiger partial charge in [-0.05, 0) is 31.9 Å². The number of nitrogens with one attached hydrogen (secondary N) is 1. The summed E-state index contributed by atoms with van der Waals surface area (Å²) in [6.07, 6.45) is 1.50. The van der Waals surface area contributed by atoms with E-state index >= 15 is 0 Å². The molecule has 0 heterocycles. The summed E-state index contributed by atoms with van der Waals surface area (Å²) in [6, 6.07) is 9.29. The lowest BCUT2D eigenvalue weighted by atomic mass is 9.64. The Bertz CT molecular complexity index is 433. The van der Waals surface area contributed by atoms with Crippen molar-refractivity contribution in [3.63, 3.8) is 0 Å². The van der Waals surface area contributed by atoms with Gasteiger partial charge in [0.1, 0.15) is 0 Å². The van der Waals surface area contributed by atoms with E-state index in [0.29, 0.717) is 18.2 Å². The largest absolute Gasteiger partial charge is 0.378 e. The molecule has 1 fully saturated rings. The summed E-state index contributed by atoms with van der Waals surface area (Å²) in [4.78, 5) is 0. The van der Waals surface area contributed by atoms with Gasteiger partial charge in [0.25, 0.3) is 0 Å². The maximum Gasteiger partial charge on any atom is 0.0655 e. The van der Waals surface area contributed by atoms with Crippen LogP contribution in [0.3, 0.4) is 0 Å². The topological polar surface area (TPSA) is 21.3 Å². The maximum atomic E-state index is 5.79. The second-order valence-electron chi connectivity index (χ2n) is 5.96. The lowest BCUT2D eigenvalue weighted by Crippen LogP contribution is -2.61. The summed E-state index contributed by atoms with van der Waals surface area (Å²) < 4.78 is 6.96. The van der Waals surface area contributed by atoms with Crippen molar-refractivity contribution in [2.24, 2.45) is 5.41 Å². The SMILES string of the molecule is CCOC1CC(NC(C)c2ccccc2Br)C1(C)C. The standard InChI is InChI=1S/C16H24BrNO/c1-5-19-15-10-14(16(15,3)4)18-11(2)12-8-6-7-9-13(12)17/h6-9,11,14-15,18H,5,10H2,1-4H3. The summed E-state index contributed by atoms with van der Waals surface area (Å²) in [5.74, 6) is 0. The van der Waals surface area contributed by atoms with Gasteiger partial charge in [0, 0.05) is 28.6 Å². The second kappa shape index (κ2) is 5.94. The minimum absolute atomic E-state index is 0.214. The van der Waals surface area contributed by atoms with E-state index in [4.69, 9.17) is 4.74 Å². The van der Waals surface area contributed by atoms with Crippen molar-refractivity contribution in [2.45, 2.75) is 52.3 Å². The summed E-state index contributed by atoms with van der Waals surface area (Å²) >= 11 is 3.63. The molecular weight excluding hydrogens is 302 g/mol. The molecule has 1 aliphatic carbocycles. The number of rotatable bonds is 5. The highest BCUT2D eigenvalue weighted by Crippen LogP contribution is 2.43. The third-order valence-electron chi connectivity index (χ3n) is 4.37. The van der Waals surface area contributed by atoms with Crippen molar-refractivity contribution in [3.8, 4) is 0 Å². The van der Waals surface area contributed by atoms with Crippen molar-refractivity contribution in [1.29, 1.82) is 0 Å². The monoisotopic (exact) mass is 325 g/mol. The molecule has 1 saturated carbocycles. The number of benzene rings is 1. The molecule has 2 rings (SSSR count). The van der Waals surface area contributed by atoms with Crippen LogP contribution < -0.4 is 5.32 Å². The van der Waals surface area contributed by atoms with Crippen LogP contribution in [0.1, 0.15) is 45.7 Å². The van der Waals surface area contributed by atoms with Crippen molar-refractivity contribution in [2.75, 3.05) is 6.61 Å². The summed E-state index contributed by atoms with van der Waals surface area (Å²) in [7, 11) is 0. The van der Waals surface area contributed by atoms with E-state index in [1.165, 1.54) is 10.0 Å². The predicted molar refractivity (Wildman–Crippen MR) is 83.3 cm³/mol. The number of ether oxygens (including phenoxy) is 1. The van der Waals surface area contributed by atoms with Crippen LogP contribution in [-0.4, -0.2) is 18.8 Å². The van der Waals surface area contributed by atoms with Gasteiger partial charge >= 0.3 is 0 Å². The van der Waals surface area contributed by atoms with Gasteiger partial charge < -0.3 is 10.1 Å². The number of hydrogen-bond acceptors (Lipinski definition) is 2. The number of hydrogen-bond donors (Lipinski definition) is 1. The van der Waals surface area contributed by atoms with Crippen LogP contribution in [0.4, 0.5) is 0 Å². The molecule has 0 bridgehead atoms. The van der Waals surface area contributed by atoms with Gasteiger partial charge in [-0.25, -0.2) is 0 Å². The molecule has 1 aromatic carbocycles. The fourth-order valence-corrected chi connectivity index (χ4v) is 3.50. The third-order valence-corrected chi connectivity index (χ3v) is 5.09. The quantitative estimate of drug-likeness (QED) is 0.871. The van der Waals surface area contributed by atoms with Crippen molar-refractivity contribution in [3.05, 3.63) is 34.3 Å². The van der Waals surface area contributed by atoms with Crippen LogP contribution in [0.15, 0.2) is 28.7 Å². The van der Waals surface area contributed by atoms with Crippen LogP contribution in [0.2, 0.25) is 0 Å². The van der Waals surface area contributed by atoms with Crippen LogP contribution in [-0.2, 0) is 4.74 Å². The fraction of sp³-hybridized carbons (Fsp3) is 0.625. The van der Waals surface area contributed by atoms with Crippen LogP contribution >= 0.6 is 15.9 Å². The van der Waals surface area contributed by atoms with Gasteiger partial charge in [0.05, 0.1) is 6.10 Å². The Labute approximate surface area is 125 Å². The van der Waals surface area contributed by atoms with E-state index in [0.717, 1.165) is 13.0 Å². The normalized spacial score (nSPS) is 26.8. The molecule has 0 aromatic heterocycles. The smallest absolute Gasteiger partial charge is 0.0655 e. The van der Waals surface area contributed by atoms with E-state index in [2.05, 4.69) is 73.2 Å². The Kier molecular flexibility index (Phi) is 4.70. The van der Waals surface area contributed by atoms with E-state index in [1.54, 1.807) is 0 Å². The van der Waals surface area contributed by atoms with Crippen LogP contribution in [0.25, 0.3) is 0 Å². The molecule has 3 heteroatoms. The Hall–Kier alpha value is -0.380. The first-order valence-electron chi connectivity index (χ1n) is 7.09. The Balaban J connectivity index is 1.98. The van der Waals surface area contributed by atoms with Gasteiger partial charge in [-0.15, -0.1) is 0 Å². The fourth-order valence-electron chi connectivity index (χ4n) is 2.87. The molecule has 0 radical (unpaired) electrons. The van der Waals surface area contributed by atoms with Crippen molar-refractivity contribution in [1.82, 2.24) is 5.32 Å². The molecule has 1 aromatic rings. The van der Waals surface area contributed by atoms with Gasteiger partial charge in [-0.1, -0.05) is 48.0 Å². The summed E-state index contributed by atoms with van der Waals surface area (Å²) in [6.45, 7) is 9.69. The Morgan fingerprint density at radius 1 is 1.42 bits per heavy atom. The molecule has 2 nitrogen and oxygen atoms in total. The first-order valence-corrected chi connectivity index (χ1v) is 7.88. The zero-order valence-corrected chi connectivity index (χ0v) is 13.8. The zero-order chi connectivity index (χ0) is 14.0. The summed E-state index contributed by atoms with van der Waals surface area (Å²) in [5, 5.41) is 3.74. The first-order chi connectivity index (χ1) is 8.96. The van der Waals surface area contributed by atoms with Gasteiger partial charge in [-0.2, -0.15) is 0 Å². The van der Waals surface area contributed by atoms with Crippen LogP contribution in [0.5, 0.6) is 0 Å².